The maximum absolute atomic E-state index is 12.1. The summed E-state index contributed by atoms with van der Waals surface area (Å²) >= 11 is 0. The molecular formula is C21H21N3O. The Morgan fingerprint density at radius 2 is 1.92 bits per heavy atom. The molecule has 0 atom stereocenters. The molecule has 5 rings (SSSR count). The summed E-state index contributed by atoms with van der Waals surface area (Å²) < 4.78 is 0. The standard InChI is InChI=1S/C21H21N3O/c25-21-17-6-4-5-16-12-15-8-7-14(13-24-9-2-1-3-10-24)11-18(15)20(19(16)17)22-23-21/h4-8,11H,1-3,9-10,12-13H2,(H,23,25). The molecule has 0 radical (unpaired) electrons. The van der Waals surface area contributed by atoms with Gasteiger partial charge in [-0.25, -0.2) is 5.10 Å². The van der Waals surface area contributed by atoms with Gasteiger partial charge in [0.15, 0.2) is 0 Å². The van der Waals surface area contributed by atoms with Crippen molar-refractivity contribution in [3.8, 4) is 11.3 Å². The molecule has 1 aromatic heterocycles. The van der Waals surface area contributed by atoms with Crippen molar-refractivity contribution < 1.29 is 0 Å². The summed E-state index contributed by atoms with van der Waals surface area (Å²) in [5, 5.41) is 8.86. The number of H-pyrrole nitrogens is 1. The zero-order chi connectivity index (χ0) is 16.8. The van der Waals surface area contributed by atoms with Gasteiger partial charge in [-0.15, -0.1) is 0 Å². The maximum Gasteiger partial charge on any atom is 0.272 e. The van der Waals surface area contributed by atoms with Gasteiger partial charge in [0.05, 0.1) is 11.1 Å². The van der Waals surface area contributed by atoms with E-state index in [1.807, 2.05) is 12.1 Å². The quantitative estimate of drug-likeness (QED) is 0.612. The molecule has 126 valence electrons. The van der Waals surface area contributed by atoms with Crippen LogP contribution in [0.3, 0.4) is 0 Å². The van der Waals surface area contributed by atoms with Crippen LogP contribution in [0.4, 0.5) is 0 Å². The number of likely N-dealkylation sites (tertiary alicyclic amines) is 1. The molecule has 0 saturated carbocycles. The lowest BCUT2D eigenvalue weighted by Crippen LogP contribution is -2.29. The largest absolute Gasteiger partial charge is 0.299 e. The van der Waals surface area contributed by atoms with Gasteiger partial charge in [-0.3, -0.25) is 9.69 Å². The zero-order valence-electron chi connectivity index (χ0n) is 14.2. The molecule has 0 spiro atoms. The lowest BCUT2D eigenvalue weighted by molar-refractivity contribution is 0.221. The fraction of sp³-hybridized carbons (Fsp3) is 0.333. The minimum atomic E-state index is -0.103. The Balaban J connectivity index is 1.61. The van der Waals surface area contributed by atoms with Crippen molar-refractivity contribution in [2.75, 3.05) is 13.1 Å². The van der Waals surface area contributed by atoms with Crippen molar-refractivity contribution in [1.29, 1.82) is 0 Å². The highest BCUT2D eigenvalue weighted by Crippen LogP contribution is 2.37. The SMILES string of the molecule is O=c1[nH]nc2c3c(cccc13)Cc1ccc(CN3CCCCC3)cc1-2. The summed E-state index contributed by atoms with van der Waals surface area (Å²) in [5.41, 5.74) is 5.82. The number of nitrogens with zero attached hydrogens (tertiary/aromatic N) is 2. The fourth-order valence-corrected chi connectivity index (χ4v) is 4.31. The van der Waals surface area contributed by atoms with E-state index in [1.54, 1.807) is 0 Å². The van der Waals surface area contributed by atoms with Gasteiger partial charge in [0.25, 0.3) is 5.56 Å². The van der Waals surface area contributed by atoms with Crippen molar-refractivity contribution in [2.24, 2.45) is 0 Å². The third-order valence-corrected chi connectivity index (χ3v) is 5.57. The van der Waals surface area contributed by atoms with Crippen LogP contribution in [0.15, 0.2) is 41.2 Å². The summed E-state index contributed by atoms with van der Waals surface area (Å²) in [6.45, 7) is 3.39. The normalized spacial score (nSPS) is 16.8. The number of hydrogen-bond donors (Lipinski definition) is 1. The number of benzene rings is 2. The van der Waals surface area contributed by atoms with E-state index in [-0.39, 0.29) is 5.56 Å². The van der Waals surface area contributed by atoms with Gasteiger partial charge in [-0.05, 0) is 61.2 Å². The highest BCUT2D eigenvalue weighted by Gasteiger charge is 2.21. The van der Waals surface area contributed by atoms with E-state index in [0.29, 0.717) is 0 Å². The van der Waals surface area contributed by atoms with E-state index in [0.717, 1.165) is 29.4 Å². The highest BCUT2D eigenvalue weighted by molar-refractivity contribution is 5.99. The Morgan fingerprint density at radius 1 is 1.04 bits per heavy atom. The minimum absolute atomic E-state index is 0.103. The predicted octanol–water partition coefficient (Wildman–Crippen LogP) is 3.48. The fourth-order valence-electron chi connectivity index (χ4n) is 4.31. The molecule has 4 heteroatoms. The summed E-state index contributed by atoms with van der Waals surface area (Å²) in [4.78, 5) is 14.7. The number of nitrogens with one attached hydrogen (secondary N) is 1. The summed E-state index contributed by atoms with van der Waals surface area (Å²) in [6, 6.07) is 12.7. The summed E-state index contributed by atoms with van der Waals surface area (Å²) in [5.74, 6) is 0. The first-order chi connectivity index (χ1) is 12.3. The van der Waals surface area contributed by atoms with Crippen molar-refractivity contribution in [3.63, 3.8) is 0 Å². The summed E-state index contributed by atoms with van der Waals surface area (Å²) in [6.07, 6.45) is 4.84. The highest BCUT2D eigenvalue weighted by atomic mass is 16.1. The number of aromatic nitrogens is 2. The van der Waals surface area contributed by atoms with E-state index in [9.17, 15) is 4.79 Å². The van der Waals surface area contributed by atoms with Gasteiger partial charge in [-0.1, -0.05) is 30.7 Å². The van der Waals surface area contributed by atoms with Gasteiger partial charge in [0.2, 0.25) is 0 Å². The molecule has 2 aliphatic rings. The lowest BCUT2D eigenvalue weighted by Gasteiger charge is -2.27. The monoisotopic (exact) mass is 331 g/mol. The Morgan fingerprint density at radius 3 is 2.80 bits per heavy atom. The molecule has 1 N–H and O–H groups in total. The number of fused-ring (bicyclic) bond motifs is 2. The first kappa shape index (κ1) is 14.8. The minimum Gasteiger partial charge on any atom is -0.299 e. The molecule has 0 unspecified atom stereocenters. The Labute approximate surface area is 146 Å². The Bertz CT molecular complexity index is 1020. The first-order valence-corrected chi connectivity index (χ1v) is 9.14. The summed E-state index contributed by atoms with van der Waals surface area (Å²) in [7, 11) is 0. The van der Waals surface area contributed by atoms with Crippen LogP contribution in [0.1, 0.15) is 36.0 Å². The van der Waals surface area contributed by atoms with Crippen molar-refractivity contribution in [1.82, 2.24) is 15.1 Å². The van der Waals surface area contributed by atoms with E-state index >= 15 is 0 Å². The molecule has 1 aliphatic carbocycles. The molecule has 4 nitrogen and oxygen atoms in total. The van der Waals surface area contributed by atoms with Crippen molar-refractivity contribution in [3.05, 3.63) is 63.4 Å². The molecule has 25 heavy (non-hydrogen) atoms. The molecule has 1 aliphatic heterocycles. The van der Waals surface area contributed by atoms with Crippen molar-refractivity contribution in [2.45, 2.75) is 32.2 Å². The number of rotatable bonds is 2. The van der Waals surface area contributed by atoms with Crippen LogP contribution >= 0.6 is 0 Å². The number of aromatic amines is 1. The van der Waals surface area contributed by atoms with Gasteiger partial charge < -0.3 is 0 Å². The Hall–Kier alpha value is -2.46. The average molecular weight is 331 g/mol. The van der Waals surface area contributed by atoms with Crippen LogP contribution in [-0.4, -0.2) is 28.2 Å². The van der Waals surface area contributed by atoms with Crippen molar-refractivity contribution >= 4 is 10.8 Å². The van der Waals surface area contributed by atoms with Crippen LogP contribution in [0.5, 0.6) is 0 Å². The average Bonchev–Trinajstić information content (AvgIpc) is 2.65. The van der Waals surface area contributed by atoms with E-state index in [4.69, 9.17) is 0 Å². The van der Waals surface area contributed by atoms with Crippen LogP contribution in [0, 0.1) is 0 Å². The molecule has 0 bridgehead atoms. The first-order valence-electron chi connectivity index (χ1n) is 9.14. The second-order valence-corrected chi connectivity index (χ2v) is 7.25. The maximum atomic E-state index is 12.1. The van der Waals surface area contributed by atoms with Crippen LogP contribution < -0.4 is 5.56 Å². The van der Waals surface area contributed by atoms with E-state index in [1.165, 1.54) is 54.6 Å². The molecule has 0 amide bonds. The van der Waals surface area contributed by atoms with E-state index in [2.05, 4.69) is 39.4 Å². The molecular weight excluding hydrogens is 310 g/mol. The smallest absolute Gasteiger partial charge is 0.272 e. The van der Waals surface area contributed by atoms with Gasteiger partial charge in [0.1, 0.15) is 0 Å². The topological polar surface area (TPSA) is 49.0 Å². The van der Waals surface area contributed by atoms with Gasteiger partial charge >= 0.3 is 0 Å². The molecule has 3 aromatic rings. The third-order valence-electron chi connectivity index (χ3n) is 5.57. The van der Waals surface area contributed by atoms with Crippen LogP contribution in [-0.2, 0) is 13.0 Å². The predicted molar refractivity (Wildman–Crippen MR) is 99.7 cm³/mol. The molecule has 1 saturated heterocycles. The third kappa shape index (κ3) is 2.48. The van der Waals surface area contributed by atoms with Gasteiger partial charge in [0, 0.05) is 17.5 Å². The van der Waals surface area contributed by atoms with E-state index < -0.39 is 0 Å². The second-order valence-electron chi connectivity index (χ2n) is 7.25. The van der Waals surface area contributed by atoms with Crippen LogP contribution in [0.2, 0.25) is 0 Å². The number of piperidine rings is 1. The molecule has 2 heterocycles. The lowest BCUT2D eigenvalue weighted by atomic mass is 9.86. The zero-order valence-corrected chi connectivity index (χ0v) is 14.2. The number of hydrogen-bond acceptors (Lipinski definition) is 3. The van der Waals surface area contributed by atoms with Crippen LogP contribution in [0.25, 0.3) is 22.0 Å². The molecule has 1 fully saturated rings. The second kappa shape index (κ2) is 5.81. The Kier molecular flexibility index (Phi) is 3.45. The van der Waals surface area contributed by atoms with Gasteiger partial charge in [-0.2, -0.15) is 5.10 Å². The molecule has 2 aromatic carbocycles.